The second-order valence-electron chi connectivity index (χ2n) is 2.90. The first kappa shape index (κ1) is 11.5. The van der Waals surface area contributed by atoms with Gasteiger partial charge in [-0.3, -0.25) is 0 Å². The van der Waals surface area contributed by atoms with Crippen LogP contribution in [0, 0.1) is 0 Å². The SMILES string of the molecule is C/C=C(\C=C/C(Cl)=C(C)C)CC. The fourth-order valence-corrected chi connectivity index (χ4v) is 0.828. The van der Waals surface area contributed by atoms with E-state index in [2.05, 4.69) is 19.1 Å². The van der Waals surface area contributed by atoms with Crippen molar-refractivity contribution >= 4 is 11.6 Å². The van der Waals surface area contributed by atoms with Gasteiger partial charge < -0.3 is 0 Å². The molecule has 0 N–H and O–H groups in total. The minimum absolute atomic E-state index is 0.836. The van der Waals surface area contributed by atoms with E-state index in [4.69, 9.17) is 11.6 Å². The molecule has 1 heteroatoms. The summed E-state index contributed by atoms with van der Waals surface area (Å²) in [7, 11) is 0. The highest BCUT2D eigenvalue weighted by Gasteiger charge is 1.89. The highest BCUT2D eigenvalue weighted by atomic mass is 35.5. The molecule has 68 valence electrons. The highest BCUT2D eigenvalue weighted by molar-refractivity contribution is 6.31. The summed E-state index contributed by atoms with van der Waals surface area (Å²) in [5.41, 5.74) is 2.47. The number of rotatable bonds is 3. The molecule has 0 spiro atoms. The van der Waals surface area contributed by atoms with Crippen LogP contribution < -0.4 is 0 Å². The molecular formula is C11H17Cl. The summed E-state index contributed by atoms with van der Waals surface area (Å²) in [5, 5.41) is 0.836. The zero-order chi connectivity index (χ0) is 9.56. The molecule has 0 heterocycles. The standard InChI is InChI=1S/C11H17Cl/c1-5-10(6-2)7-8-11(12)9(3)4/h5,7-8H,6H2,1-4H3/b8-7-,10-5-. The molecule has 0 aliphatic rings. The summed E-state index contributed by atoms with van der Waals surface area (Å²) in [6, 6.07) is 0. The molecule has 0 aliphatic carbocycles. The molecule has 0 aromatic rings. The highest BCUT2D eigenvalue weighted by Crippen LogP contribution is 2.12. The Kier molecular flexibility index (Phi) is 5.83. The zero-order valence-corrected chi connectivity index (χ0v) is 9.07. The van der Waals surface area contributed by atoms with Gasteiger partial charge in [-0.05, 0) is 33.3 Å². The molecule has 0 fully saturated rings. The summed E-state index contributed by atoms with van der Waals surface area (Å²) < 4.78 is 0. The average molecular weight is 185 g/mol. The molecule has 0 rings (SSSR count). The van der Waals surface area contributed by atoms with Crippen molar-refractivity contribution in [2.24, 2.45) is 0 Å². The van der Waals surface area contributed by atoms with Crippen molar-refractivity contribution in [2.75, 3.05) is 0 Å². The molecule has 0 aromatic heterocycles. The van der Waals surface area contributed by atoms with Crippen molar-refractivity contribution in [3.63, 3.8) is 0 Å². The fourth-order valence-electron chi connectivity index (χ4n) is 0.765. The maximum atomic E-state index is 5.94. The van der Waals surface area contributed by atoms with Gasteiger partial charge in [-0.15, -0.1) is 0 Å². The van der Waals surface area contributed by atoms with Gasteiger partial charge in [-0.25, -0.2) is 0 Å². The first-order chi connectivity index (χ1) is 5.61. The van der Waals surface area contributed by atoms with Crippen LogP contribution in [0.15, 0.2) is 34.4 Å². The lowest BCUT2D eigenvalue weighted by Crippen LogP contribution is -1.74. The number of hydrogen-bond acceptors (Lipinski definition) is 0. The van der Waals surface area contributed by atoms with E-state index in [1.807, 2.05) is 26.8 Å². The summed E-state index contributed by atoms with van der Waals surface area (Å²) in [6.45, 7) is 8.19. The predicted molar refractivity (Wildman–Crippen MR) is 57.4 cm³/mol. The molecule has 12 heavy (non-hydrogen) atoms. The molecule has 0 radical (unpaired) electrons. The van der Waals surface area contributed by atoms with Crippen LogP contribution >= 0.6 is 11.6 Å². The second-order valence-corrected chi connectivity index (χ2v) is 3.31. The molecular weight excluding hydrogens is 168 g/mol. The Hall–Kier alpha value is -0.490. The number of allylic oxidation sites excluding steroid dienone is 6. The van der Waals surface area contributed by atoms with Crippen molar-refractivity contribution in [1.29, 1.82) is 0 Å². The average Bonchev–Trinajstić information content (AvgIpc) is 2.05. The van der Waals surface area contributed by atoms with E-state index in [9.17, 15) is 0 Å². The summed E-state index contributed by atoms with van der Waals surface area (Å²) >= 11 is 5.94. The summed E-state index contributed by atoms with van der Waals surface area (Å²) in [4.78, 5) is 0. The number of halogens is 1. The van der Waals surface area contributed by atoms with E-state index in [-0.39, 0.29) is 0 Å². The van der Waals surface area contributed by atoms with Gasteiger partial charge in [0, 0.05) is 5.03 Å². The normalized spacial score (nSPS) is 12.2. The second kappa shape index (κ2) is 6.07. The van der Waals surface area contributed by atoms with Crippen LogP contribution in [0.25, 0.3) is 0 Å². The fraction of sp³-hybridized carbons (Fsp3) is 0.455. The molecule has 0 aliphatic heterocycles. The smallest absolute Gasteiger partial charge is 0.0392 e. The molecule has 0 aromatic carbocycles. The van der Waals surface area contributed by atoms with E-state index < -0.39 is 0 Å². The lowest BCUT2D eigenvalue weighted by atomic mass is 10.2. The van der Waals surface area contributed by atoms with Crippen LogP contribution in [-0.4, -0.2) is 0 Å². The van der Waals surface area contributed by atoms with Crippen molar-refractivity contribution in [3.8, 4) is 0 Å². The Morgan fingerprint density at radius 2 is 1.83 bits per heavy atom. The van der Waals surface area contributed by atoms with Crippen LogP contribution in [-0.2, 0) is 0 Å². The van der Waals surface area contributed by atoms with E-state index in [1.165, 1.54) is 5.57 Å². The van der Waals surface area contributed by atoms with Gasteiger partial charge in [-0.1, -0.05) is 41.8 Å². The lowest BCUT2D eigenvalue weighted by molar-refractivity contribution is 1.14. The van der Waals surface area contributed by atoms with Crippen LogP contribution in [0.1, 0.15) is 34.1 Å². The van der Waals surface area contributed by atoms with Crippen LogP contribution in [0.3, 0.4) is 0 Å². The summed E-state index contributed by atoms with van der Waals surface area (Å²) in [6.07, 6.45) is 7.18. The van der Waals surface area contributed by atoms with Crippen molar-refractivity contribution in [1.82, 2.24) is 0 Å². The summed E-state index contributed by atoms with van der Waals surface area (Å²) in [5.74, 6) is 0. The third-order valence-corrected chi connectivity index (χ3v) is 2.20. The monoisotopic (exact) mass is 184 g/mol. The molecule has 0 saturated carbocycles. The van der Waals surface area contributed by atoms with Gasteiger partial charge in [0.15, 0.2) is 0 Å². The van der Waals surface area contributed by atoms with Gasteiger partial charge in [0.2, 0.25) is 0 Å². The van der Waals surface area contributed by atoms with Crippen LogP contribution in [0.4, 0.5) is 0 Å². The third kappa shape index (κ3) is 4.40. The van der Waals surface area contributed by atoms with Crippen molar-refractivity contribution in [3.05, 3.63) is 34.4 Å². The number of hydrogen-bond donors (Lipinski definition) is 0. The van der Waals surface area contributed by atoms with Crippen LogP contribution in [0.2, 0.25) is 0 Å². The van der Waals surface area contributed by atoms with Gasteiger partial charge in [0.1, 0.15) is 0 Å². The first-order valence-electron chi connectivity index (χ1n) is 4.28. The first-order valence-corrected chi connectivity index (χ1v) is 4.65. The Labute approximate surface area is 80.6 Å². The molecule has 0 atom stereocenters. The Morgan fingerprint density at radius 1 is 1.25 bits per heavy atom. The minimum atomic E-state index is 0.836. The molecule has 0 amide bonds. The molecule has 0 bridgehead atoms. The topological polar surface area (TPSA) is 0 Å². The van der Waals surface area contributed by atoms with E-state index >= 15 is 0 Å². The Morgan fingerprint density at radius 3 is 2.17 bits per heavy atom. The van der Waals surface area contributed by atoms with E-state index in [1.54, 1.807) is 0 Å². The van der Waals surface area contributed by atoms with Crippen LogP contribution in [0.5, 0.6) is 0 Å². The van der Waals surface area contributed by atoms with E-state index in [0.29, 0.717) is 0 Å². The predicted octanol–water partition coefficient (Wildman–Crippen LogP) is 4.43. The molecule has 0 unspecified atom stereocenters. The third-order valence-electron chi connectivity index (χ3n) is 1.70. The Bertz CT molecular complexity index is 215. The lowest BCUT2D eigenvalue weighted by Gasteiger charge is -1.95. The molecule has 0 saturated heterocycles. The van der Waals surface area contributed by atoms with Gasteiger partial charge in [0.05, 0.1) is 0 Å². The maximum Gasteiger partial charge on any atom is 0.0392 e. The van der Waals surface area contributed by atoms with E-state index in [0.717, 1.165) is 17.0 Å². The van der Waals surface area contributed by atoms with Crippen molar-refractivity contribution in [2.45, 2.75) is 34.1 Å². The Balaban J connectivity index is 4.35. The largest absolute Gasteiger partial charge is 0.0844 e. The quantitative estimate of drug-likeness (QED) is 0.570. The van der Waals surface area contributed by atoms with Crippen molar-refractivity contribution < 1.29 is 0 Å². The zero-order valence-electron chi connectivity index (χ0n) is 8.32. The van der Waals surface area contributed by atoms with Gasteiger partial charge in [-0.2, -0.15) is 0 Å². The maximum absolute atomic E-state index is 5.94. The van der Waals surface area contributed by atoms with Gasteiger partial charge in [0.25, 0.3) is 0 Å². The minimum Gasteiger partial charge on any atom is -0.0844 e. The van der Waals surface area contributed by atoms with Gasteiger partial charge >= 0.3 is 0 Å². The molecule has 0 nitrogen and oxygen atoms in total.